The van der Waals surface area contributed by atoms with Crippen LogP contribution in [0.2, 0.25) is 0 Å². The quantitative estimate of drug-likeness (QED) is 0.855. The molecule has 2 unspecified atom stereocenters. The van der Waals surface area contributed by atoms with E-state index in [0.29, 0.717) is 12.5 Å². The molecule has 1 aliphatic rings. The number of nitrogens with zero attached hydrogens (tertiary/aromatic N) is 1. The third-order valence-electron chi connectivity index (χ3n) is 3.51. The van der Waals surface area contributed by atoms with E-state index in [0.717, 1.165) is 25.1 Å². The van der Waals surface area contributed by atoms with Gasteiger partial charge in [-0.25, -0.2) is 0 Å². The Balaban J connectivity index is 2.01. The molecule has 1 fully saturated rings. The number of benzene rings is 1. The van der Waals surface area contributed by atoms with E-state index in [2.05, 4.69) is 12.2 Å². The predicted octanol–water partition coefficient (Wildman–Crippen LogP) is 1.12. The zero-order valence-electron chi connectivity index (χ0n) is 11.4. The number of rotatable bonds is 4. The topological polar surface area (TPSA) is 52.6 Å². The molecule has 1 heterocycles. The minimum absolute atomic E-state index is 0.1000. The van der Waals surface area contributed by atoms with E-state index in [1.165, 1.54) is 0 Å². The average Bonchev–Trinajstić information content (AvgIpc) is 2.44. The maximum atomic E-state index is 12.4. The van der Waals surface area contributed by atoms with Crippen molar-refractivity contribution < 1.29 is 9.90 Å². The van der Waals surface area contributed by atoms with Crippen molar-refractivity contribution in [3.05, 3.63) is 35.9 Å². The van der Waals surface area contributed by atoms with Gasteiger partial charge in [-0.3, -0.25) is 4.79 Å². The number of nitrogens with one attached hydrogen (secondary N) is 1. The van der Waals surface area contributed by atoms with Gasteiger partial charge in [-0.05, 0) is 24.5 Å². The summed E-state index contributed by atoms with van der Waals surface area (Å²) in [5.74, 6) is 0.584. The molecule has 1 aromatic carbocycles. The molecule has 1 amide bonds. The second-order valence-electron chi connectivity index (χ2n) is 5.29. The molecule has 0 saturated carbocycles. The summed E-state index contributed by atoms with van der Waals surface area (Å²) in [7, 11) is 0. The molecule has 104 valence electrons. The van der Waals surface area contributed by atoms with E-state index in [-0.39, 0.29) is 18.6 Å². The van der Waals surface area contributed by atoms with Crippen molar-refractivity contribution in [1.82, 2.24) is 10.2 Å². The van der Waals surface area contributed by atoms with Crippen molar-refractivity contribution in [3.63, 3.8) is 0 Å². The van der Waals surface area contributed by atoms with Crippen LogP contribution in [-0.2, 0) is 0 Å². The molecular weight excluding hydrogens is 240 g/mol. The van der Waals surface area contributed by atoms with Crippen molar-refractivity contribution in [2.45, 2.75) is 19.4 Å². The first-order valence-corrected chi connectivity index (χ1v) is 6.89. The summed E-state index contributed by atoms with van der Waals surface area (Å²) >= 11 is 0. The number of hydrogen-bond acceptors (Lipinski definition) is 3. The van der Waals surface area contributed by atoms with Crippen LogP contribution in [0.15, 0.2) is 30.3 Å². The van der Waals surface area contributed by atoms with Crippen LogP contribution >= 0.6 is 0 Å². The molecule has 1 aromatic rings. The summed E-state index contributed by atoms with van der Waals surface area (Å²) in [5, 5.41) is 12.2. The number of amides is 1. The molecule has 0 aliphatic carbocycles. The van der Waals surface area contributed by atoms with Gasteiger partial charge in [0.1, 0.15) is 0 Å². The van der Waals surface area contributed by atoms with Crippen LogP contribution in [0.5, 0.6) is 0 Å². The summed E-state index contributed by atoms with van der Waals surface area (Å²) in [6.07, 6.45) is 1.05. The molecule has 0 spiro atoms. The predicted molar refractivity (Wildman–Crippen MR) is 75.0 cm³/mol. The van der Waals surface area contributed by atoms with Gasteiger partial charge in [-0.15, -0.1) is 0 Å². The lowest BCUT2D eigenvalue weighted by molar-refractivity contribution is 0.0638. The molecule has 1 aliphatic heterocycles. The first-order valence-electron chi connectivity index (χ1n) is 6.89. The first kappa shape index (κ1) is 14.0. The molecule has 4 heteroatoms. The number of carbonyl (C=O) groups is 1. The van der Waals surface area contributed by atoms with Gasteiger partial charge in [0.25, 0.3) is 5.91 Å². The van der Waals surface area contributed by atoms with E-state index in [1.54, 1.807) is 0 Å². The van der Waals surface area contributed by atoms with Crippen molar-refractivity contribution in [1.29, 1.82) is 0 Å². The summed E-state index contributed by atoms with van der Waals surface area (Å²) < 4.78 is 0. The zero-order valence-corrected chi connectivity index (χ0v) is 11.4. The van der Waals surface area contributed by atoms with Crippen molar-refractivity contribution in [2.75, 3.05) is 26.2 Å². The Morgan fingerprint density at radius 1 is 1.37 bits per heavy atom. The normalized spacial score (nSPS) is 23.4. The number of piperidine rings is 1. The molecule has 19 heavy (non-hydrogen) atoms. The van der Waals surface area contributed by atoms with Crippen LogP contribution in [0.4, 0.5) is 0 Å². The highest BCUT2D eigenvalue weighted by atomic mass is 16.3. The van der Waals surface area contributed by atoms with Gasteiger partial charge in [-0.1, -0.05) is 25.1 Å². The minimum Gasteiger partial charge on any atom is -0.395 e. The highest BCUT2D eigenvalue weighted by Gasteiger charge is 2.27. The number of likely N-dealkylation sites (tertiary alicyclic amines) is 1. The van der Waals surface area contributed by atoms with Crippen LogP contribution in [-0.4, -0.2) is 48.2 Å². The Labute approximate surface area is 114 Å². The minimum atomic E-state index is 0.1000. The number of aliphatic hydroxyl groups is 1. The van der Waals surface area contributed by atoms with Gasteiger partial charge in [0, 0.05) is 31.2 Å². The van der Waals surface area contributed by atoms with Crippen molar-refractivity contribution in [3.8, 4) is 0 Å². The average molecular weight is 262 g/mol. The number of aliphatic hydroxyl groups excluding tert-OH is 1. The molecule has 0 aromatic heterocycles. The van der Waals surface area contributed by atoms with Gasteiger partial charge >= 0.3 is 0 Å². The standard InChI is InChI=1S/C15H22N2O2/c1-12-9-14(16-7-8-18)11-17(10-12)15(19)13-5-3-2-4-6-13/h2-6,12,14,16,18H,7-11H2,1H3. The Kier molecular flexibility index (Phi) is 4.93. The largest absolute Gasteiger partial charge is 0.395 e. The molecular formula is C15H22N2O2. The number of carbonyl (C=O) groups excluding carboxylic acids is 1. The van der Waals surface area contributed by atoms with Crippen LogP contribution in [0.25, 0.3) is 0 Å². The van der Waals surface area contributed by atoms with E-state index >= 15 is 0 Å². The molecule has 2 rings (SSSR count). The monoisotopic (exact) mass is 262 g/mol. The van der Waals surface area contributed by atoms with E-state index < -0.39 is 0 Å². The molecule has 0 radical (unpaired) electrons. The van der Waals surface area contributed by atoms with E-state index in [9.17, 15) is 4.79 Å². The maximum Gasteiger partial charge on any atom is 0.253 e. The van der Waals surface area contributed by atoms with E-state index in [4.69, 9.17) is 5.11 Å². The maximum absolute atomic E-state index is 12.4. The second-order valence-corrected chi connectivity index (χ2v) is 5.29. The smallest absolute Gasteiger partial charge is 0.253 e. The van der Waals surface area contributed by atoms with Crippen LogP contribution < -0.4 is 5.32 Å². The number of hydrogen-bond donors (Lipinski definition) is 2. The zero-order chi connectivity index (χ0) is 13.7. The lowest BCUT2D eigenvalue weighted by Gasteiger charge is -2.37. The Morgan fingerprint density at radius 2 is 2.11 bits per heavy atom. The van der Waals surface area contributed by atoms with Crippen LogP contribution in [0.1, 0.15) is 23.7 Å². The van der Waals surface area contributed by atoms with E-state index in [1.807, 2.05) is 35.2 Å². The Hall–Kier alpha value is -1.39. The SMILES string of the molecule is CC1CC(NCCO)CN(C(=O)c2ccccc2)C1. The fraction of sp³-hybridized carbons (Fsp3) is 0.533. The molecule has 2 atom stereocenters. The van der Waals surface area contributed by atoms with Gasteiger partial charge in [0.05, 0.1) is 6.61 Å². The summed E-state index contributed by atoms with van der Waals surface area (Å²) in [6, 6.07) is 9.70. The van der Waals surface area contributed by atoms with Crippen LogP contribution in [0.3, 0.4) is 0 Å². The second kappa shape index (κ2) is 6.68. The Bertz CT molecular complexity index is 408. The van der Waals surface area contributed by atoms with Gasteiger partial charge in [0.2, 0.25) is 0 Å². The first-order chi connectivity index (χ1) is 9.20. The van der Waals surface area contributed by atoms with Crippen molar-refractivity contribution >= 4 is 5.91 Å². The molecule has 4 nitrogen and oxygen atoms in total. The third kappa shape index (κ3) is 3.78. The lowest BCUT2D eigenvalue weighted by atomic mass is 9.95. The fourth-order valence-electron chi connectivity index (χ4n) is 2.70. The highest BCUT2D eigenvalue weighted by Crippen LogP contribution is 2.18. The van der Waals surface area contributed by atoms with Gasteiger partial charge < -0.3 is 15.3 Å². The Morgan fingerprint density at radius 3 is 2.79 bits per heavy atom. The molecule has 1 saturated heterocycles. The lowest BCUT2D eigenvalue weighted by Crippen LogP contribution is -2.51. The third-order valence-corrected chi connectivity index (χ3v) is 3.51. The molecule has 2 N–H and O–H groups in total. The molecule has 0 bridgehead atoms. The van der Waals surface area contributed by atoms with Gasteiger partial charge in [0.15, 0.2) is 0 Å². The summed E-state index contributed by atoms with van der Waals surface area (Å²) in [5.41, 5.74) is 0.748. The highest BCUT2D eigenvalue weighted by molar-refractivity contribution is 5.94. The summed E-state index contributed by atoms with van der Waals surface area (Å²) in [4.78, 5) is 14.3. The fourth-order valence-corrected chi connectivity index (χ4v) is 2.70. The van der Waals surface area contributed by atoms with Crippen molar-refractivity contribution in [2.24, 2.45) is 5.92 Å². The summed E-state index contributed by atoms with van der Waals surface area (Å²) in [6.45, 7) is 4.42. The van der Waals surface area contributed by atoms with Crippen LogP contribution in [0, 0.1) is 5.92 Å². The van der Waals surface area contributed by atoms with Gasteiger partial charge in [-0.2, -0.15) is 0 Å².